The van der Waals surface area contributed by atoms with Gasteiger partial charge in [-0.2, -0.15) is 0 Å². The maximum atomic E-state index is 11.1. The molecular weight excluding hydrogens is 286 g/mol. The average molecular weight is 294 g/mol. The number of nitro benzene ring substituents is 1. The van der Waals surface area contributed by atoms with Crippen LogP contribution in [-0.2, 0) is 0 Å². The third-order valence-electron chi connectivity index (χ3n) is 2.47. The molecule has 1 N–H and O–H groups in total. The number of hydrogen-bond donors (Lipinski definition) is 1. The summed E-state index contributed by atoms with van der Waals surface area (Å²) in [6.07, 6.45) is 0. The highest BCUT2D eigenvalue weighted by atomic mass is 35.5. The Morgan fingerprint density at radius 1 is 1.20 bits per heavy atom. The molecule has 2 rings (SSSR count). The van der Waals surface area contributed by atoms with E-state index >= 15 is 0 Å². The Hall–Kier alpha value is -2.60. The number of para-hydroxylation sites is 2. The van der Waals surface area contributed by atoms with E-state index in [9.17, 15) is 14.9 Å². The van der Waals surface area contributed by atoms with Gasteiger partial charge in [0.25, 0.3) is 0 Å². The summed E-state index contributed by atoms with van der Waals surface area (Å²) in [7, 11) is 0. The van der Waals surface area contributed by atoms with Crippen LogP contribution < -0.4 is 4.74 Å². The second-order valence-electron chi connectivity index (χ2n) is 3.75. The van der Waals surface area contributed by atoms with E-state index in [1.165, 1.54) is 30.3 Å². The van der Waals surface area contributed by atoms with Crippen LogP contribution in [0.2, 0.25) is 5.02 Å². The van der Waals surface area contributed by atoms with E-state index in [2.05, 4.69) is 0 Å². The van der Waals surface area contributed by atoms with Crippen molar-refractivity contribution in [2.75, 3.05) is 0 Å². The predicted molar refractivity (Wildman–Crippen MR) is 71.6 cm³/mol. The van der Waals surface area contributed by atoms with Gasteiger partial charge in [-0.05, 0) is 18.2 Å². The quantitative estimate of drug-likeness (QED) is 0.685. The number of rotatable bonds is 4. The van der Waals surface area contributed by atoms with Crippen LogP contribution in [0.5, 0.6) is 11.5 Å². The molecule has 0 fully saturated rings. The van der Waals surface area contributed by atoms with Crippen LogP contribution in [0.15, 0.2) is 42.5 Å². The Balaban J connectivity index is 2.57. The molecule has 2 aromatic carbocycles. The number of halogens is 1. The lowest BCUT2D eigenvalue weighted by molar-refractivity contribution is -0.385. The van der Waals surface area contributed by atoms with E-state index in [1.54, 1.807) is 12.1 Å². The molecule has 0 aliphatic heterocycles. The zero-order valence-corrected chi connectivity index (χ0v) is 10.7. The first-order valence-electron chi connectivity index (χ1n) is 5.44. The van der Waals surface area contributed by atoms with Crippen molar-refractivity contribution in [1.29, 1.82) is 0 Å². The molecule has 6 nitrogen and oxygen atoms in total. The largest absolute Gasteiger partial charge is 0.478 e. The van der Waals surface area contributed by atoms with Crippen molar-refractivity contribution < 1.29 is 19.6 Å². The maximum absolute atomic E-state index is 11.1. The molecular formula is C13H8ClNO5. The molecule has 0 unspecified atom stereocenters. The number of aromatic carboxylic acids is 1. The van der Waals surface area contributed by atoms with Gasteiger partial charge in [-0.3, -0.25) is 10.1 Å². The number of ether oxygens (including phenoxy) is 1. The third kappa shape index (κ3) is 2.70. The normalized spacial score (nSPS) is 10.1. The summed E-state index contributed by atoms with van der Waals surface area (Å²) < 4.78 is 5.34. The molecule has 0 atom stereocenters. The first kappa shape index (κ1) is 13.8. The number of benzene rings is 2. The fraction of sp³-hybridized carbons (Fsp3) is 0. The molecule has 0 aliphatic carbocycles. The highest BCUT2D eigenvalue weighted by molar-refractivity contribution is 6.32. The summed E-state index contributed by atoms with van der Waals surface area (Å²) in [5.74, 6) is -1.53. The Labute approximate surface area is 118 Å². The molecule has 0 heterocycles. The van der Waals surface area contributed by atoms with Gasteiger partial charge in [0.05, 0.1) is 9.95 Å². The van der Waals surface area contributed by atoms with E-state index in [1.807, 2.05) is 0 Å². The van der Waals surface area contributed by atoms with Gasteiger partial charge in [-0.15, -0.1) is 0 Å². The SMILES string of the molecule is O=C(O)c1cccc([N+](=O)[O-])c1Oc1ccccc1Cl. The van der Waals surface area contributed by atoms with Gasteiger partial charge in [0.15, 0.2) is 0 Å². The minimum absolute atomic E-state index is 0.144. The lowest BCUT2D eigenvalue weighted by Crippen LogP contribution is -2.03. The molecule has 0 aromatic heterocycles. The standard InChI is InChI=1S/C13H8ClNO5/c14-9-5-1-2-7-11(9)20-12-8(13(16)17)4-3-6-10(12)15(18)19/h1-7H,(H,16,17). The summed E-state index contributed by atoms with van der Waals surface area (Å²) >= 11 is 5.90. The number of carboxylic acid groups (broad SMARTS) is 1. The van der Waals surface area contributed by atoms with Gasteiger partial charge in [-0.1, -0.05) is 29.8 Å². The Morgan fingerprint density at radius 3 is 2.50 bits per heavy atom. The number of carboxylic acids is 1. The topological polar surface area (TPSA) is 89.7 Å². The molecule has 0 bridgehead atoms. The van der Waals surface area contributed by atoms with Crippen LogP contribution in [0.1, 0.15) is 10.4 Å². The first-order chi connectivity index (χ1) is 9.50. The van der Waals surface area contributed by atoms with Crippen LogP contribution in [0.3, 0.4) is 0 Å². The fourth-order valence-electron chi connectivity index (χ4n) is 1.58. The van der Waals surface area contributed by atoms with Crippen molar-refractivity contribution in [2.45, 2.75) is 0 Å². The molecule has 0 amide bonds. The summed E-state index contributed by atoms with van der Waals surface area (Å²) in [6, 6.07) is 9.97. The minimum atomic E-state index is -1.32. The first-order valence-corrected chi connectivity index (χ1v) is 5.81. The fourth-order valence-corrected chi connectivity index (χ4v) is 1.76. The van der Waals surface area contributed by atoms with Crippen molar-refractivity contribution in [3.05, 3.63) is 63.2 Å². The van der Waals surface area contributed by atoms with Gasteiger partial charge in [0.1, 0.15) is 11.3 Å². The number of nitrogens with zero attached hydrogens (tertiary/aromatic N) is 1. The summed E-state index contributed by atoms with van der Waals surface area (Å²) in [5, 5.41) is 20.3. The van der Waals surface area contributed by atoms with Crippen molar-refractivity contribution in [1.82, 2.24) is 0 Å². The minimum Gasteiger partial charge on any atom is -0.478 e. The molecule has 0 radical (unpaired) electrons. The Kier molecular flexibility index (Phi) is 3.86. The van der Waals surface area contributed by atoms with Crippen LogP contribution >= 0.6 is 11.6 Å². The molecule has 0 saturated heterocycles. The predicted octanol–water partition coefficient (Wildman–Crippen LogP) is 3.74. The van der Waals surface area contributed by atoms with Crippen LogP contribution in [0.4, 0.5) is 5.69 Å². The van der Waals surface area contributed by atoms with Crippen molar-refractivity contribution >= 4 is 23.3 Å². The van der Waals surface area contributed by atoms with Crippen molar-refractivity contribution in [3.8, 4) is 11.5 Å². The van der Waals surface area contributed by atoms with Crippen LogP contribution in [0, 0.1) is 10.1 Å². The Bertz CT molecular complexity index is 654. The molecule has 2 aromatic rings. The number of hydrogen-bond acceptors (Lipinski definition) is 4. The summed E-state index contributed by atoms with van der Waals surface area (Å²) in [4.78, 5) is 21.4. The van der Waals surface area contributed by atoms with E-state index in [0.717, 1.165) is 0 Å². The van der Waals surface area contributed by atoms with Crippen molar-refractivity contribution in [3.63, 3.8) is 0 Å². The average Bonchev–Trinajstić information content (AvgIpc) is 2.41. The van der Waals surface area contributed by atoms with Gasteiger partial charge in [-0.25, -0.2) is 4.79 Å². The van der Waals surface area contributed by atoms with Gasteiger partial charge in [0, 0.05) is 6.07 Å². The third-order valence-corrected chi connectivity index (χ3v) is 2.78. The second kappa shape index (κ2) is 5.58. The van der Waals surface area contributed by atoms with E-state index < -0.39 is 16.6 Å². The maximum Gasteiger partial charge on any atom is 0.339 e. The molecule has 102 valence electrons. The second-order valence-corrected chi connectivity index (χ2v) is 4.16. The molecule has 0 spiro atoms. The summed E-state index contributed by atoms with van der Waals surface area (Å²) in [6.45, 7) is 0. The van der Waals surface area contributed by atoms with Crippen molar-refractivity contribution in [2.24, 2.45) is 0 Å². The zero-order valence-electron chi connectivity index (χ0n) is 9.95. The lowest BCUT2D eigenvalue weighted by Gasteiger charge is -2.10. The highest BCUT2D eigenvalue weighted by Crippen LogP contribution is 2.37. The summed E-state index contributed by atoms with van der Waals surface area (Å²) in [5.41, 5.74) is -0.746. The van der Waals surface area contributed by atoms with E-state index in [4.69, 9.17) is 21.4 Å². The zero-order chi connectivity index (χ0) is 14.7. The molecule has 20 heavy (non-hydrogen) atoms. The van der Waals surface area contributed by atoms with Gasteiger partial charge >= 0.3 is 11.7 Å². The molecule has 0 saturated carbocycles. The van der Waals surface area contributed by atoms with E-state index in [-0.39, 0.29) is 22.1 Å². The van der Waals surface area contributed by atoms with Gasteiger partial charge < -0.3 is 9.84 Å². The number of carbonyl (C=O) groups is 1. The van der Waals surface area contributed by atoms with Crippen LogP contribution in [0.25, 0.3) is 0 Å². The molecule has 0 aliphatic rings. The Morgan fingerprint density at radius 2 is 1.90 bits per heavy atom. The van der Waals surface area contributed by atoms with Crippen LogP contribution in [-0.4, -0.2) is 16.0 Å². The smallest absolute Gasteiger partial charge is 0.339 e. The number of nitro groups is 1. The monoisotopic (exact) mass is 293 g/mol. The molecule has 7 heteroatoms. The lowest BCUT2D eigenvalue weighted by atomic mass is 10.1. The highest BCUT2D eigenvalue weighted by Gasteiger charge is 2.24. The van der Waals surface area contributed by atoms with E-state index in [0.29, 0.717) is 0 Å². The van der Waals surface area contributed by atoms with Gasteiger partial charge in [0.2, 0.25) is 5.75 Å².